The second-order valence-electron chi connectivity index (χ2n) is 4.05. The number of carboxylic acid groups (broad SMARTS) is 1. The molecule has 1 amide bonds. The van der Waals surface area contributed by atoms with E-state index in [1.165, 1.54) is 12.1 Å². The van der Waals surface area contributed by atoms with Crippen molar-refractivity contribution in [1.29, 1.82) is 0 Å². The van der Waals surface area contributed by atoms with Crippen LogP contribution in [0.25, 0.3) is 17.4 Å². The van der Waals surface area contributed by atoms with Gasteiger partial charge in [0.1, 0.15) is 11.5 Å². The highest BCUT2D eigenvalue weighted by atomic mass is 19.1. The molecule has 2 aromatic rings. The van der Waals surface area contributed by atoms with Crippen LogP contribution in [-0.2, 0) is 0 Å². The third-order valence-corrected chi connectivity index (χ3v) is 2.53. The van der Waals surface area contributed by atoms with Crippen molar-refractivity contribution >= 4 is 12.2 Å². The number of rotatable bonds is 5. The molecule has 2 N–H and O–H groups in total. The molecular formula is C14H13FN2O3. The Labute approximate surface area is 114 Å². The third-order valence-electron chi connectivity index (χ3n) is 2.53. The van der Waals surface area contributed by atoms with Crippen molar-refractivity contribution in [3.8, 4) is 11.3 Å². The maximum absolute atomic E-state index is 12.8. The van der Waals surface area contributed by atoms with Gasteiger partial charge in [-0.15, -0.1) is 0 Å². The molecule has 6 heteroatoms. The van der Waals surface area contributed by atoms with Gasteiger partial charge in [-0.1, -0.05) is 11.2 Å². The van der Waals surface area contributed by atoms with Crippen molar-refractivity contribution < 1.29 is 18.8 Å². The van der Waals surface area contributed by atoms with Crippen LogP contribution in [0.5, 0.6) is 0 Å². The van der Waals surface area contributed by atoms with Gasteiger partial charge in [0.25, 0.3) is 0 Å². The van der Waals surface area contributed by atoms with Crippen LogP contribution in [-0.4, -0.2) is 22.9 Å². The first-order valence-corrected chi connectivity index (χ1v) is 6.01. The van der Waals surface area contributed by atoms with Crippen molar-refractivity contribution in [2.45, 2.75) is 6.42 Å². The molecule has 0 fully saturated rings. The summed E-state index contributed by atoms with van der Waals surface area (Å²) in [6.07, 6.45) is 3.05. The number of nitrogens with zero attached hydrogens (tertiary/aromatic N) is 1. The lowest BCUT2D eigenvalue weighted by molar-refractivity contribution is 0.194. The van der Waals surface area contributed by atoms with E-state index in [0.717, 1.165) is 5.56 Å². The third kappa shape index (κ3) is 3.94. The fourth-order valence-electron chi connectivity index (χ4n) is 1.58. The van der Waals surface area contributed by atoms with Crippen molar-refractivity contribution in [1.82, 2.24) is 10.5 Å². The Kier molecular flexibility index (Phi) is 4.49. The fourth-order valence-corrected chi connectivity index (χ4v) is 1.58. The normalized spacial score (nSPS) is 10.8. The summed E-state index contributed by atoms with van der Waals surface area (Å²) < 4.78 is 18.0. The molecular weight excluding hydrogens is 263 g/mol. The molecule has 1 aromatic heterocycles. The van der Waals surface area contributed by atoms with Gasteiger partial charge in [-0.3, -0.25) is 0 Å². The van der Waals surface area contributed by atoms with Crippen LogP contribution in [0.3, 0.4) is 0 Å². The van der Waals surface area contributed by atoms with E-state index < -0.39 is 6.09 Å². The number of hydrogen-bond donors (Lipinski definition) is 2. The Bertz CT molecular complexity index is 605. The molecule has 0 saturated carbocycles. The second-order valence-corrected chi connectivity index (χ2v) is 4.05. The van der Waals surface area contributed by atoms with Crippen LogP contribution < -0.4 is 5.32 Å². The lowest BCUT2D eigenvalue weighted by Gasteiger charge is -1.94. The lowest BCUT2D eigenvalue weighted by Crippen LogP contribution is -2.21. The molecule has 0 saturated heterocycles. The molecule has 0 aliphatic heterocycles. The highest BCUT2D eigenvalue weighted by molar-refractivity contribution is 5.64. The molecule has 0 bridgehead atoms. The first kappa shape index (κ1) is 13.8. The predicted molar refractivity (Wildman–Crippen MR) is 71.6 cm³/mol. The standard InChI is InChI=1S/C14H13FN2O3/c15-11-6-4-10(5-7-11)13-9-12(17-20-13)3-1-2-8-16-14(18)19/h1,3-7,9,16H,2,8H2,(H,18,19). The van der Waals surface area contributed by atoms with Crippen LogP contribution in [0.2, 0.25) is 0 Å². The molecule has 5 nitrogen and oxygen atoms in total. The fraction of sp³-hybridized carbons (Fsp3) is 0.143. The molecule has 1 heterocycles. The number of hydrogen-bond acceptors (Lipinski definition) is 3. The van der Waals surface area contributed by atoms with E-state index in [1.807, 2.05) is 0 Å². The van der Waals surface area contributed by atoms with E-state index in [1.54, 1.807) is 30.4 Å². The van der Waals surface area contributed by atoms with Crippen LogP contribution >= 0.6 is 0 Å². The highest BCUT2D eigenvalue weighted by Gasteiger charge is 2.04. The van der Waals surface area contributed by atoms with Crippen molar-refractivity contribution in [2.24, 2.45) is 0 Å². The SMILES string of the molecule is O=C(O)NCCC=Cc1cc(-c2ccc(F)cc2)on1. The number of benzene rings is 1. The summed E-state index contributed by atoms with van der Waals surface area (Å²) in [6.45, 7) is 0.342. The quantitative estimate of drug-likeness (QED) is 0.822. The lowest BCUT2D eigenvalue weighted by atomic mass is 10.1. The summed E-state index contributed by atoms with van der Waals surface area (Å²) in [5.41, 5.74) is 1.37. The Morgan fingerprint density at radius 2 is 2.15 bits per heavy atom. The van der Waals surface area contributed by atoms with Gasteiger partial charge in [-0.25, -0.2) is 9.18 Å². The summed E-state index contributed by atoms with van der Waals surface area (Å²) in [7, 11) is 0. The summed E-state index contributed by atoms with van der Waals surface area (Å²) in [4.78, 5) is 10.2. The van der Waals surface area contributed by atoms with E-state index in [0.29, 0.717) is 24.4 Å². The summed E-state index contributed by atoms with van der Waals surface area (Å²) >= 11 is 0. The van der Waals surface area contributed by atoms with E-state index in [-0.39, 0.29) is 5.82 Å². The van der Waals surface area contributed by atoms with Gasteiger partial charge < -0.3 is 14.9 Å². The molecule has 0 aliphatic carbocycles. The minimum Gasteiger partial charge on any atom is -0.465 e. The number of nitrogens with one attached hydrogen (secondary N) is 1. The van der Waals surface area contributed by atoms with Crippen LogP contribution in [0.15, 0.2) is 40.9 Å². The average molecular weight is 276 g/mol. The molecule has 0 spiro atoms. The van der Waals surface area contributed by atoms with Gasteiger partial charge in [-0.05, 0) is 36.8 Å². The van der Waals surface area contributed by atoms with E-state index >= 15 is 0 Å². The molecule has 104 valence electrons. The minimum atomic E-state index is -1.04. The van der Waals surface area contributed by atoms with Gasteiger partial charge in [0.05, 0.1) is 0 Å². The highest BCUT2D eigenvalue weighted by Crippen LogP contribution is 2.21. The Balaban J connectivity index is 1.93. The molecule has 0 aliphatic rings. The van der Waals surface area contributed by atoms with E-state index in [4.69, 9.17) is 9.63 Å². The van der Waals surface area contributed by atoms with Gasteiger partial charge in [0.15, 0.2) is 5.76 Å². The van der Waals surface area contributed by atoms with Gasteiger partial charge >= 0.3 is 6.09 Å². The monoisotopic (exact) mass is 276 g/mol. The van der Waals surface area contributed by atoms with Crippen LogP contribution in [0.4, 0.5) is 9.18 Å². The summed E-state index contributed by atoms with van der Waals surface area (Å²) in [5, 5.41) is 14.5. The largest absolute Gasteiger partial charge is 0.465 e. The van der Waals surface area contributed by atoms with E-state index in [2.05, 4.69) is 10.5 Å². The van der Waals surface area contributed by atoms with Gasteiger partial charge in [0.2, 0.25) is 0 Å². The number of amides is 1. The Hall–Kier alpha value is -2.63. The Morgan fingerprint density at radius 1 is 1.40 bits per heavy atom. The molecule has 0 unspecified atom stereocenters. The van der Waals surface area contributed by atoms with Crippen molar-refractivity contribution in [3.05, 3.63) is 47.9 Å². The summed E-state index contributed by atoms with van der Waals surface area (Å²) in [6, 6.07) is 7.66. The zero-order valence-corrected chi connectivity index (χ0v) is 10.5. The van der Waals surface area contributed by atoms with Gasteiger partial charge in [0, 0.05) is 18.2 Å². The number of carbonyl (C=O) groups is 1. The topological polar surface area (TPSA) is 75.4 Å². The first-order chi connectivity index (χ1) is 9.65. The zero-order chi connectivity index (χ0) is 14.4. The second kappa shape index (κ2) is 6.51. The maximum Gasteiger partial charge on any atom is 0.404 e. The van der Waals surface area contributed by atoms with Gasteiger partial charge in [-0.2, -0.15) is 0 Å². The molecule has 0 radical (unpaired) electrons. The van der Waals surface area contributed by atoms with Crippen LogP contribution in [0, 0.1) is 5.82 Å². The Morgan fingerprint density at radius 3 is 2.85 bits per heavy atom. The number of aromatic nitrogens is 1. The molecule has 1 aromatic carbocycles. The minimum absolute atomic E-state index is 0.306. The average Bonchev–Trinajstić information content (AvgIpc) is 2.87. The maximum atomic E-state index is 12.8. The molecule has 0 atom stereocenters. The number of halogens is 1. The predicted octanol–water partition coefficient (Wildman–Crippen LogP) is 3.15. The molecule has 20 heavy (non-hydrogen) atoms. The molecule has 2 rings (SSSR count). The van der Waals surface area contributed by atoms with Crippen molar-refractivity contribution in [2.75, 3.05) is 6.54 Å². The summed E-state index contributed by atoms with van der Waals surface area (Å²) in [5.74, 6) is 0.243. The first-order valence-electron chi connectivity index (χ1n) is 6.01. The smallest absolute Gasteiger partial charge is 0.404 e. The van der Waals surface area contributed by atoms with Crippen LogP contribution in [0.1, 0.15) is 12.1 Å². The van der Waals surface area contributed by atoms with E-state index in [9.17, 15) is 9.18 Å². The van der Waals surface area contributed by atoms with Crippen molar-refractivity contribution in [3.63, 3.8) is 0 Å². The zero-order valence-electron chi connectivity index (χ0n) is 10.5.